The standard InChI is InChI=1S/C19H19NO4S/c1-24-19(23)16-8-7-15(25-16)18(22)20-11-9-14(10-12-20)17(21)13-5-3-2-4-6-13/h2-8,14H,9-12H2,1H3. The number of methoxy groups -OCH3 is 1. The minimum atomic E-state index is -0.434. The van der Waals surface area contributed by atoms with E-state index >= 15 is 0 Å². The third-order valence-corrected chi connectivity index (χ3v) is 5.47. The van der Waals surface area contributed by atoms with E-state index in [9.17, 15) is 14.4 Å². The van der Waals surface area contributed by atoms with Gasteiger partial charge in [0, 0.05) is 24.6 Å². The Labute approximate surface area is 150 Å². The van der Waals surface area contributed by atoms with Gasteiger partial charge in [0.1, 0.15) is 4.88 Å². The lowest BCUT2D eigenvalue weighted by atomic mass is 9.89. The van der Waals surface area contributed by atoms with E-state index in [2.05, 4.69) is 4.74 Å². The van der Waals surface area contributed by atoms with Crippen LogP contribution >= 0.6 is 11.3 Å². The molecule has 3 rings (SSSR count). The van der Waals surface area contributed by atoms with E-state index in [1.807, 2.05) is 30.3 Å². The molecule has 0 atom stereocenters. The zero-order chi connectivity index (χ0) is 17.8. The van der Waals surface area contributed by atoms with Crippen LogP contribution in [0.4, 0.5) is 0 Å². The Morgan fingerprint density at radius 2 is 1.64 bits per heavy atom. The molecular weight excluding hydrogens is 338 g/mol. The highest BCUT2D eigenvalue weighted by Crippen LogP contribution is 2.25. The fourth-order valence-corrected chi connectivity index (χ4v) is 3.89. The highest BCUT2D eigenvalue weighted by molar-refractivity contribution is 7.15. The molecule has 0 radical (unpaired) electrons. The minimum Gasteiger partial charge on any atom is -0.465 e. The predicted molar refractivity (Wildman–Crippen MR) is 95.1 cm³/mol. The van der Waals surface area contributed by atoms with Crippen LogP contribution in [0, 0.1) is 5.92 Å². The van der Waals surface area contributed by atoms with Gasteiger partial charge in [0.2, 0.25) is 0 Å². The van der Waals surface area contributed by atoms with Crippen molar-refractivity contribution in [3.63, 3.8) is 0 Å². The topological polar surface area (TPSA) is 63.7 Å². The van der Waals surface area contributed by atoms with Crippen LogP contribution in [-0.4, -0.2) is 42.8 Å². The molecule has 1 aromatic carbocycles. The first-order valence-corrected chi connectivity index (χ1v) is 8.98. The predicted octanol–water partition coefficient (Wildman–Crippen LogP) is 3.27. The van der Waals surface area contributed by atoms with Crippen molar-refractivity contribution in [2.75, 3.05) is 20.2 Å². The number of likely N-dealkylation sites (tertiary alicyclic amines) is 1. The van der Waals surface area contributed by atoms with E-state index in [4.69, 9.17) is 0 Å². The Balaban J connectivity index is 1.60. The van der Waals surface area contributed by atoms with Gasteiger partial charge in [-0.3, -0.25) is 9.59 Å². The molecule has 5 nitrogen and oxygen atoms in total. The summed E-state index contributed by atoms with van der Waals surface area (Å²) in [5, 5.41) is 0. The van der Waals surface area contributed by atoms with Crippen molar-refractivity contribution >= 4 is 29.0 Å². The van der Waals surface area contributed by atoms with Crippen molar-refractivity contribution in [3.05, 3.63) is 57.8 Å². The number of carbonyl (C=O) groups is 3. The van der Waals surface area contributed by atoms with Gasteiger partial charge in [0.05, 0.1) is 12.0 Å². The first-order chi connectivity index (χ1) is 12.1. The first-order valence-electron chi connectivity index (χ1n) is 8.17. The largest absolute Gasteiger partial charge is 0.465 e. The maximum Gasteiger partial charge on any atom is 0.348 e. The molecule has 0 aliphatic carbocycles. The van der Waals surface area contributed by atoms with Crippen molar-refractivity contribution < 1.29 is 19.1 Å². The van der Waals surface area contributed by atoms with Crippen LogP contribution in [0.25, 0.3) is 0 Å². The molecule has 1 aromatic heterocycles. The number of carbonyl (C=O) groups excluding carboxylic acids is 3. The number of ketones is 1. The molecule has 1 amide bonds. The van der Waals surface area contributed by atoms with Gasteiger partial charge in [-0.15, -0.1) is 11.3 Å². The van der Waals surface area contributed by atoms with Crippen molar-refractivity contribution in [3.8, 4) is 0 Å². The maximum absolute atomic E-state index is 12.6. The summed E-state index contributed by atoms with van der Waals surface area (Å²) in [6.45, 7) is 1.10. The van der Waals surface area contributed by atoms with Crippen LogP contribution in [0.1, 0.15) is 42.5 Å². The number of hydrogen-bond acceptors (Lipinski definition) is 5. The van der Waals surface area contributed by atoms with Crippen LogP contribution in [0.5, 0.6) is 0 Å². The monoisotopic (exact) mass is 357 g/mol. The SMILES string of the molecule is COC(=O)c1ccc(C(=O)N2CCC(C(=O)c3ccccc3)CC2)s1. The van der Waals surface area contributed by atoms with Gasteiger partial charge in [0.25, 0.3) is 5.91 Å². The Hall–Kier alpha value is -2.47. The number of benzene rings is 1. The Morgan fingerprint density at radius 1 is 1.00 bits per heavy atom. The molecule has 0 saturated carbocycles. The van der Waals surface area contributed by atoms with Gasteiger partial charge in [-0.25, -0.2) is 4.79 Å². The number of piperidine rings is 1. The van der Waals surface area contributed by atoms with Gasteiger partial charge >= 0.3 is 5.97 Å². The summed E-state index contributed by atoms with van der Waals surface area (Å²) >= 11 is 1.14. The summed E-state index contributed by atoms with van der Waals surface area (Å²) in [5.74, 6) is -0.417. The third-order valence-electron chi connectivity index (χ3n) is 4.41. The molecule has 1 aliphatic heterocycles. The molecule has 6 heteroatoms. The third kappa shape index (κ3) is 3.79. The smallest absolute Gasteiger partial charge is 0.348 e. The number of thiophene rings is 1. The van der Waals surface area contributed by atoms with Crippen molar-refractivity contribution in [1.29, 1.82) is 0 Å². The number of rotatable bonds is 4. The fourth-order valence-electron chi connectivity index (χ4n) is 3.00. The summed E-state index contributed by atoms with van der Waals surface area (Å²) < 4.78 is 4.67. The molecule has 0 bridgehead atoms. The first kappa shape index (κ1) is 17.4. The molecule has 1 fully saturated rings. The van der Waals surface area contributed by atoms with E-state index in [1.54, 1.807) is 17.0 Å². The van der Waals surface area contributed by atoms with Gasteiger partial charge in [0.15, 0.2) is 5.78 Å². The lowest BCUT2D eigenvalue weighted by molar-refractivity contribution is 0.0606. The summed E-state index contributed by atoms with van der Waals surface area (Å²) in [7, 11) is 1.32. The number of Topliss-reactive ketones (excluding diaryl/α,β-unsaturated/α-hetero) is 1. The van der Waals surface area contributed by atoms with Crippen molar-refractivity contribution in [1.82, 2.24) is 4.90 Å². The van der Waals surface area contributed by atoms with Crippen molar-refractivity contribution in [2.45, 2.75) is 12.8 Å². The molecule has 0 spiro atoms. The van der Waals surface area contributed by atoms with Gasteiger partial charge < -0.3 is 9.64 Å². The molecule has 1 aliphatic rings. The lowest BCUT2D eigenvalue weighted by Crippen LogP contribution is -2.40. The van der Waals surface area contributed by atoms with E-state index in [0.29, 0.717) is 35.7 Å². The molecule has 0 unspecified atom stereocenters. The van der Waals surface area contributed by atoms with E-state index in [1.165, 1.54) is 7.11 Å². The van der Waals surface area contributed by atoms with Gasteiger partial charge in [-0.1, -0.05) is 30.3 Å². The number of nitrogens with zero attached hydrogens (tertiary/aromatic N) is 1. The zero-order valence-corrected chi connectivity index (χ0v) is 14.8. The number of esters is 1. The molecule has 0 N–H and O–H groups in total. The average molecular weight is 357 g/mol. The second kappa shape index (κ2) is 7.61. The van der Waals surface area contributed by atoms with Gasteiger partial charge in [-0.2, -0.15) is 0 Å². The van der Waals surface area contributed by atoms with E-state index < -0.39 is 5.97 Å². The fraction of sp³-hybridized carbons (Fsp3) is 0.316. The lowest BCUT2D eigenvalue weighted by Gasteiger charge is -2.31. The Bertz CT molecular complexity index is 776. The summed E-state index contributed by atoms with van der Waals surface area (Å²) in [4.78, 5) is 39.3. The Kier molecular flexibility index (Phi) is 5.28. The molecule has 2 aromatic rings. The quantitative estimate of drug-likeness (QED) is 0.622. The average Bonchev–Trinajstić information content (AvgIpc) is 3.17. The molecular formula is C19H19NO4S. The van der Waals surface area contributed by atoms with E-state index in [-0.39, 0.29) is 17.6 Å². The molecule has 1 saturated heterocycles. The molecule has 130 valence electrons. The van der Waals surface area contributed by atoms with E-state index in [0.717, 1.165) is 16.9 Å². The van der Waals surface area contributed by atoms with Crippen LogP contribution in [0.3, 0.4) is 0 Å². The zero-order valence-electron chi connectivity index (χ0n) is 13.9. The van der Waals surface area contributed by atoms with Crippen molar-refractivity contribution in [2.24, 2.45) is 5.92 Å². The van der Waals surface area contributed by atoms with Gasteiger partial charge in [-0.05, 0) is 25.0 Å². The number of amides is 1. The van der Waals surface area contributed by atoms with Crippen LogP contribution in [-0.2, 0) is 4.74 Å². The normalized spacial score (nSPS) is 15.0. The second-order valence-corrected chi connectivity index (χ2v) is 7.04. The molecule has 2 heterocycles. The highest BCUT2D eigenvalue weighted by Gasteiger charge is 2.29. The molecule has 25 heavy (non-hydrogen) atoms. The summed E-state index contributed by atoms with van der Waals surface area (Å²) in [5.41, 5.74) is 0.730. The highest BCUT2D eigenvalue weighted by atomic mass is 32.1. The number of ether oxygens (including phenoxy) is 1. The van der Waals surface area contributed by atoms with Crippen LogP contribution < -0.4 is 0 Å². The number of hydrogen-bond donors (Lipinski definition) is 0. The maximum atomic E-state index is 12.6. The second-order valence-electron chi connectivity index (χ2n) is 5.95. The summed E-state index contributed by atoms with van der Waals surface area (Å²) in [6, 6.07) is 12.5. The van der Waals surface area contributed by atoms with Crippen LogP contribution in [0.2, 0.25) is 0 Å². The summed E-state index contributed by atoms with van der Waals surface area (Å²) in [6.07, 6.45) is 1.32. The van der Waals surface area contributed by atoms with Crippen LogP contribution in [0.15, 0.2) is 42.5 Å². The minimum absolute atomic E-state index is 0.0413. The Morgan fingerprint density at radius 3 is 2.28 bits per heavy atom.